The van der Waals surface area contributed by atoms with E-state index in [2.05, 4.69) is 37.3 Å². The van der Waals surface area contributed by atoms with Gasteiger partial charge in [0.1, 0.15) is 18.5 Å². The van der Waals surface area contributed by atoms with E-state index in [0.29, 0.717) is 12.7 Å². The van der Waals surface area contributed by atoms with E-state index in [4.69, 9.17) is 9.47 Å². The molecule has 0 aromatic rings. The Bertz CT molecular complexity index is 552. The Morgan fingerprint density at radius 3 is 2.57 bits per heavy atom. The molecule has 1 aliphatic heterocycles. The molecule has 5 unspecified atom stereocenters. The van der Waals surface area contributed by atoms with Crippen LogP contribution in [0.4, 0.5) is 0 Å². The maximum absolute atomic E-state index is 6.00. The Hall–Kier alpha value is -1.02. The van der Waals surface area contributed by atoms with E-state index in [0.717, 1.165) is 42.0 Å². The molecule has 23 heavy (non-hydrogen) atoms. The first-order chi connectivity index (χ1) is 11.2. The third kappa shape index (κ3) is 2.50. The topological polar surface area (TPSA) is 21.8 Å². The molecule has 0 aromatic carbocycles. The van der Waals surface area contributed by atoms with Gasteiger partial charge < -0.3 is 9.47 Å². The Morgan fingerprint density at radius 1 is 1.13 bits per heavy atom. The van der Waals surface area contributed by atoms with Crippen LogP contribution in [0.5, 0.6) is 0 Å². The van der Waals surface area contributed by atoms with E-state index in [1.807, 2.05) is 0 Å². The van der Waals surface area contributed by atoms with Gasteiger partial charge in [0.05, 0.1) is 6.61 Å². The summed E-state index contributed by atoms with van der Waals surface area (Å²) < 4.78 is 11.3. The molecule has 0 spiro atoms. The second kappa shape index (κ2) is 5.24. The van der Waals surface area contributed by atoms with Crippen molar-refractivity contribution in [2.45, 2.75) is 45.1 Å². The summed E-state index contributed by atoms with van der Waals surface area (Å²) in [5, 5.41) is 0. The second-order valence-electron chi connectivity index (χ2n) is 8.73. The fraction of sp³-hybridized carbons (Fsp3) is 0.714. The summed E-state index contributed by atoms with van der Waals surface area (Å²) in [6, 6.07) is 0. The first kappa shape index (κ1) is 14.3. The van der Waals surface area contributed by atoms with Crippen LogP contribution in [0.2, 0.25) is 0 Å². The summed E-state index contributed by atoms with van der Waals surface area (Å²) in [6.45, 7) is 3.98. The molecule has 1 heterocycles. The zero-order chi connectivity index (χ0) is 15.4. The van der Waals surface area contributed by atoms with Crippen LogP contribution in [0.3, 0.4) is 0 Å². The number of hydrogen-bond donors (Lipinski definition) is 0. The number of fused-ring (bicyclic) bond motifs is 5. The molecule has 124 valence electrons. The SMILES string of the molecule is C[C@@]1(C2CC3C4CCC(C4)C3C2)C=CC=CC(OCC2CO2)=C1. The lowest BCUT2D eigenvalue weighted by Gasteiger charge is -2.31. The summed E-state index contributed by atoms with van der Waals surface area (Å²) in [7, 11) is 0. The summed E-state index contributed by atoms with van der Waals surface area (Å²) in [5.41, 5.74) is 0.146. The van der Waals surface area contributed by atoms with E-state index >= 15 is 0 Å². The van der Waals surface area contributed by atoms with Crippen molar-refractivity contribution >= 4 is 0 Å². The lowest BCUT2D eigenvalue weighted by atomic mass is 9.74. The highest BCUT2D eigenvalue weighted by Gasteiger charge is 2.54. The van der Waals surface area contributed by atoms with Crippen LogP contribution in [0.25, 0.3) is 0 Å². The van der Waals surface area contributed by atoms with Gasteiger partial charge in [-0.1, -0.05) is 25.2 Å². The van der Waals surface area contributed by atoms with Crippen LogP contribution in [0.1, 0.15) is 39.0 Å². The minimum atomic E-state index is 0.146. The van der Waals surface area contributed by atoms with Crippen molar-refractivity contribution in [1.29, 1.82) is 0 Å². The van der Waals surface area contributed by atoms with E-state index in [1.165, 1.54) is 25.7 Å². The largest absolute Gasteiger partial charge is 0.491 e. The molecule has 0 amide bonds. The van der Waals surface area contributed by atoms with Crippen molar-refractivity contribution in [3.8, 4) is 0 Å². The molecule has 0 aromatic heterocycles. The minimum Gasteiger partial charge on any atom is -0.491 e. The Balaban J connectivity index is 1.34. The lowest BCUT2D eigenvalue weighted by Crippen LogP contribution is -2.23. The molecule has 4 aliphatic carbocycles. The number of hydrogen-bond acceptors (Lipinski definition) is 2. The maximum atomic E-state index is 6.00. The highest BCUT2D eigenvalue weighted by Crippen LogP contribution is 2.62. The van der Waals surface area contributed by atoms with Gasteiger partial charge in [0.15, 0.2) is 0 Å². The fourth-order valence-electron chi connectivity index (χ4n) is 6.04. The Morgan fingerprint density at radius 2 is 1.87 bits per heavy atom. The van der Waals surface area contributed by atoms with E-state index in [-0.39, 0.29) is 5.41 Å². The van der Waals surface area contributed by atoms with Crippen molar-refractivity contribution in [3.63, 3.8) is 0 Å². The molecule has 2 nitrogen and oxygen atoms in total. The first-order valence-electron chi connectivity index (χ1n) is 9.54. The summed E-state index contributed by atoms with van der Waals surface area (Å²) >= 11 is 0. The van der Waals surface area contributed by atoms with Crippen LogP contribution in [-0.2, 0) is 9.47 Å². The standard InChI is InChI=1S/C21H28O2/c1-21(7-3-2-4-17(11-21)22-12-18-13-23-18)16-9-19-14-5-6-15(8-14)20(19)10-16/h2-4,7,11,14-16,18-20H,5-6,8-10,12-13H2,1H3/t14?,15?,16?,18?,19?,20?,21-/m1/s1. The van der Waals surface area contributed by atoms with Gasteiger partial charge in [-0.25, -0.2) is 0 Å². The van der Waals surface area contributed by atoms with Gasteiger partial charge >= 0.3 is 0 Å². The van der Waals surface area contributed by atoms with Gasteiger partial charge in [-0.3, -0.25) is 0 Å². The molecule has 0 N–H and O–H groups in total. The average Bonchev–Trinajstić information content (AvgIpc) is 2.98. The van der Waals surface area contributed by atoms with Gasteiger partial charge in [-0.15, -0.1) is 0 Å². The molecule has 1 saturated heterocycles. The summed E-state index contributed by atoms with van der Waals surface area (Å²) in [6.07, 6.45) is 19.0. The summed E-state index contributed by atoms with van der Waals surface area (Å²) in [5.74, 6) is 5.98. The average molecular weight is 312 g/mol. The molecule has 2 bridgehead atoms. The number of rotatable bonds is 4. The van der Waals surface area contributed by atoms with E-state index in [9.17, 15) is 0 Å². The van der Waals surface area contributed by atoms with Crippen molar-refractivity contribution in [3.05, 3.63) is 36.1 Å². The Labute approximate surface area is 139 Å². The van der Waals surface area contributed by atoms with Gasteiger partial charge in [0.25, 0.3) is 0 Å². The van der Waals surface area contributed by atoms with Gasteiger partial charge in [-0.2, -0.15) is 0 Å². The monoisotopic (exact) mass is 312 g/mol. The fourth-order valence-corrected chi connectivity index (χ4v) is 6.04. The van der Waals surface area contributed by atoms with Crippen LogP contribution >= 0.6 is 0 Å². The van der Waals surface area contributed by atoms with Crippen LogP contribution in [0.15, 0.2) is 36.1 Å². The normalized spacial score (nSPS) is 49.9. The van der Waals surface area contributed by atoms with Crippen molar-refractivity contribution in [1.82, 2.24) is 0 Å². The first-order valence-corrected chi connectivity index (χ1v) is 9.54. The zero-order valence-electron chi connectivity index (χ0n) is 14.1. The lowest BCUT2D eigenvalue weighted by molar-refractivity contribution is 0.185. The maximum Gasteiger partial charge on any atom is 0.117 e. The highest BCUT2D eigenvalue weighted by atomic mass is 16.6. The highest BCUT2D eigenvalue weighted by molar-refractivity contribution is 5.29. The number of epoxide rings is 1. The van der Waals surface area contributed by atoms with Crippen LogP contribution < -0.4 is 0 Å². The summed E-state index contributed by atoms with van der Waals surface area (Å²) in [4.78, 5) is 0. The van der Waals surface area contributed by atoms with Gasteiger partial charge in [0, 0.05) is 5.41 Å². The molecule has 3 saturated carbocycles. The van der Waals surface area contributed by atoms with E-state index in [1.54, 1.807) is 6.42 Å². The molecule has 6 atom stereocenters. The molecule has 2 heteroatoms. The molecule has 5 aliphatic rings. The van der Waals surface area contributed by atoms with Gasteiger partial charge in [-0.05, 0) is 73.8 Å². The minimum absolute atomic E-state index is 0.146. The molecular weight excluding hydrogens is 284 g/mol. The molecular formula is C21H28O2. The van der Waals surface area contributed by atoms with Crippen molar-refractivity contribution in [2.75, 3.05) is 13.2 Å². The van der Waals surface area contributed by atoms with Gasteiger partial charge in [0.2, 0.25) is 0 Å². The van der Waals surface area contributed by atoms with E-state index < -0.39 is 0 Å². The second-order valence-corrected chi connectivity index (χ2v) is 8.73. The van der Waals surface area contributed by atoms with Crippen LogP contribution in [0, 0.1) is 35.0 Å². The smallest absolute Gasteiger partial charge is 0.117 e. The number of ether oxygens (including phenoxy) is 2. The third-order valence-electron chi connectivity index (χ3n) is 7.39. The van der Waals surface area contributed by atoms with Crippen LogP contribution in [-0.4, -0.2) is 19.3 Å². The Kier molecular flexibility index (Phi) is 3.27. The molecule has 0 radical (unpaired) electrons. The third-order valence-corrected chi connectivity index (χ3v) is 7.39. The number of allylic oxidation sites excluding steroid dienone is 5. The zero-order valence-corrected chi connectivity index (χ0v) is 14.1. The predicted octanol–water partition coefficient (Wildman–Crippen LogP) is 4.49. The van der Waals surface area contributed by atoms with Crippen molar-refractivity contribution in [2.24, 2.45) is 35.0 Å². The molecule has 4 fully saturated rings. The predicted molar refractivity (Wildman–Crippen MR) is 90.7 cm³/mol. The molecule has 5 rings (SSSR count). The quantitative estimate of drug-likeness (QED) is 0.713. The van der Waals surface area contributed by atoms with Crippen molar-refractivity contribution < 1.29 is 9.47 Å².